The highest BCUT2D eigenvalue weighted by Gasteiger charge is 2.08. The highest BCUT2D eigenvalue weighted by Crippen LogP contribution is 2.21. The summed E-state index contributed by atoms with van der Waals surface area (Å²) in [5.74, 6) is 0.315. The smallest absolute Gasteiger partial charge is 0.358 e. The van der Waals surface area contributed by atoms with Crippen LogP contribution in [0.4, 0.5) is 0 Å². The van der Waals surface area contributed by atoms with E-state index in [-0.39, 0.29) is 13.5 Å². The molecule has 0 heterocycles. The fourth-order valence-electron chi connectivity index (χ4n) is 1.73. The van der Waals surface area contributed by atoms with Crippen LogP contribution in [0.15, 0.2) is 24.3 Å². The molecule has 0 aliphatic rings. The predicted molar refractivity (Wildman–Crippen MR) is 77.3 cm³/mol. The molecule has 0 aliphatic carbocycles. The Morgan fingerprint density at radius 1 is 1.50 bits per heavy atom. The van der Waals surface area contributed by atoms with Gasteiger partial charge in [0, 0.05) is 6.42 Å². The highest BCUT2D eigenvalue weighted by molar-refractivity contribution is 6.21. The van der Waals surface area contributed by atoms with E-state index in [4.69, 9.17) is 15.5 Å². The fraction of sp³-hybridized carbons (Fsp3) is 0.462. The lowest BCUT2D eigenvalue weighted by Crippen LogP contribution is -2.21. The maximum Gasteiger partial charge on any atom is 0.358 e. The van der Waals surface area contributed by atoms with Crippen LogP contribution in [0, 0.1) is 0 Å². The Balaban J connectivity index is 2.42. The van der Waals surface area contributed by atoms with Crippen molar-refractivity contribution in [2.45, 2.75) is 25.4 Å². The van der Waals surface area contributed by atoms with Crippen molar-refractivity contribution < 1.29 is 19.7 Å². The Kier molecular flexibility index (Phi) is 7.71. The van der Waals surface area contributed by atoms with Gasteiger partial charge in [-0.2, -0.15) is 0 Å². The predicted octanol–water partition coefficient (Wildman–Crippen LogP) is -0.397. The zero-order chi connectivity index (χ0) is 14.8. The number of hydrogen-bond donors (Lipinski definition) is 4. The van der Waals surface area contributed by atoms with Gasteiger partial charge in [0.15, 0.2) is 0 Å². The van der Waals surface area contributed by atoms with Crippen LogP contribution in [0.25, 0.3) is 0 Å². The van der Waals surface area contributed by atoms with E-state index in [1.54, 1.807) is 18.2 Å². The van der Waals surface area contributed by atoms with Gasteiger partial charge in [-0.1, -0.05) is 12.1 Å². The topological polar surface area (TPSA) is 105 Å². The van der Waals surface area contributed by atoms with Gasteiger partial charge in [0.1, 0.15) is 5.75 Å². The lowest BCUT2D eigenvalue weighted by Gasteiger charge is -2.13. The molecule has 1 rings (SSSR count). The molecular formula is C13H21BN2O4. The van der Waals surface area contributed by atoms with Crippen LogP contribution in [0.1, 0.15) is 30.9 Å². The number of aliphatic hydroxyl groups is 1. The average Bonchev–Trinajstić information content (AvgIpc) is 2.44. The summed E-state index contributed by atoms with van der Waals surface area (Å²) in [5, 5.41) is 21.3. The van der Waals surface area contributed by atoms with Gasteiger partial charge in [0.25, 0.3) is 0 Å². The number of amides is 1. The first-order valence-electron chi connectivity index (χ1n) is 6.64. The largest absolute Gasteiger partial charge is 0.494 e. The van der Waals surface area contributed by atoms with Gasteiger partial charge in [-0.05, 0) is 37.1 Å². The zero-order valence-corrected chi connectivity index (χ0v) is 11.4. The first-order chi connectivity index (χ1) is 9.63. The summed E-state index contributed by atoms with van der Waals surface area (Å²) in [6, 6.07) is 7.20. The Morgan fingerprint density at radius 2 is 2.30 bits per heavy atom. The van der Waals surface area contributed by atoms with E-state index in [0.717, 1.165) is 5.56 Å². The van der Waals surface area contributed by atoms with E-state index in [1.165, 1.54) is 0 Å². The quantitative estimate of drug-likeness (QED) is 0.345. The van der Waals surface area contributed by atoms with Gasteiger partial charge in [0.2, 0.25) is 5.91 Å². The summed E-state index contributed by atoms with van der Waals surface area (Å²) in [7, 11) is -0.101. The minimum atomic E-state index is -0.608. The maximum atomic E-state index is 10.6. The summed E-state index contributed by atoms with van der Waals surface area (Å²) in [6.45, 7) is 0.940. The molecular weight excluding hydrogens is 259 g/mol. The molecule has 5 N–H and O–H groups in total. The molecule has 0 saturated heterocycles. The number of nitrogens with one attached hydrogen (secondary N) is 1. The van der Waals surface area contributed by atoms with Crippen molar-refractivity contribution in [2.24, 2.45) is 5.73 Å². The van der Waals surface area contributed by atoms with Crippen molar-refractivity contribution in [1.82, 2.24) is 5.23 Å². The Morgan fingerprint density at radius 3 is 3.00 bits per heavy atom. The minimum Gasteiger partial charge on any atom is -0.494 e. The van der Waals surface area contributed by atoms with Crippen LogP contribution < -0.4 is 15.7 Å². The number of rotatable bonds is 10. The second-order valence-corrected chi connectivity index (χ2v) is 4.45. The lowest BCUT2D eigenvalue weighted by molar-refractivity contribution is -0.118. The van der Waals surface area contributed by atoms with Crippen molar-refractivity contribution >= 4 is 13.5 Å². The normalized spacial score (nSPS) is 11.9. The Bertz CT molecular complexity index is 417. The Hall–Kier alpha value is -1.57. The third-order valence-corrected chi connectivity index (χ3v) is 2.79. The van der Waals surface area contributed by atoms with Crippen molar-refractivity contribution in [3.8, 4) is 5.75 Å². The highest BCUT2D eigenvalue weighted by atomic mass is 16.5. The van der Waals surface area contributed by atoms with Crippen molar-refractivity contribution in [1.29, 1.82) is 0 Å². The van der Waals surface area contributed by atoms with Gasteiger partial charge in [0.05, 0.1) is 12.7 Å². The second kappa shape index (κ2) is 9.36. The van der Waals surface area contributed by atoms with Crippen molar-refractivity contribution in [3.05, 3.63) is 29.8 Å². The molecule has 0 spiro atoms. The Labute approximate surface area is 119 Å². The van der Waals surface area contributed by atoms with Gasteiger partial charge in [-0.3, -0.25) is 4.79 Å². The summed E-state index contributed by atoms with van der Waals surface area (Å²) in [4.78, 5) is 10.6. The van der Waals surface area contributed by atoms with Crippen LogP contribution >= 0.6 is 0 Å². The molecule has 0 aliphatic heterocycles. The molecule has 6 nitrogen and oxygen atoms in total. The molecule has 0 saturated carbocycles. The van der Waals surface area contributed by atoms with Gasteiger partial charge < -0.3 is 25.8 Å². The molecule has 1 atom stereocenters. The number of benzene rings is 1. The molecule has 0 fully saturated rings. The number of aliphatic hydroxyl groups excluding tert-OH is 1. The second-order valence-electron chi connectivity index (χ2n) is 4.45. The first kappa shape index (κ1) is 16.5. The van der Waals surface area contributed by atoms with E-state index in [2.05, 4.69) is 5.23 Å². The summed E-state index contributed by atoms with van der Waals surface area (Å²) >= 11 is 0. The number of hydrogen-bond acceptors (Lipinski definition) is 5. The molecule has 20 heavy (non-hydrogen) atoms. The first-order valence-corrected chi connectivity index (χ1v) is 6.64. The number of carbonyl (C=O) groups is 1. The standard InChI is InChI=1S/C13H21BN2O4/c15-13(18)5-2-8-20-11-4-1-3-10(9-11)12(17)6-7-16-14-19/h1,3-4,9,12,14,16-17,19H,2,5-8H2,(H2,15,18). The SMILES string of the molecule is NC(=O)CCCOc1cccc(C(O)CCNBO)c1. The molecule has 1 amide bonds. The number of carbonyl (C=O) groups excluding carboxylic acids is 1. The number of nitrogens with two attached hydrogens (primary N) is 1. The number of primary amides is 1. The van der Waals surface area contributed by atoms with Gasteiger partial charge in [-0.15, -0.1) is 0 Å². The maximum absolute atomic E-state index is 10.6. The van der Waals surface area contributed by atoms with Crippen LogP contribution in [0.3, 0.4) is 0 Å². The third-order valence-electron chi connectivity index (χ3n) is 2.79. The van der Waals surface area contributed by atoms with E-state index in [0.29, 0.717) is 38.2 Å². The molecule has 7 heteroatoms. The molecule has 0 radical (unpaired) electrons. The van der Waals surface area contributed by atoms with Gasteiger partial charge >= 0.3 is 7.62 Å². The van der Waals surface area contributed by atoms with Crippen LogP contribution in [0.2, 0.25) is 0 Å². The van der Waals surface area contributed by atoms with E-state index in [1.807, 2.05) is 6.07 Å². The van der Waals surface area contributed by atoms with Crippen LogP contribution in [0.5, 0.6) is 5.75 Å². The molecule has 1 aromatic carbocycles. The van der Waals surface area contributed by atoms with E-state index < -0.39 is 6.10 Å². The van der Waals surface area contributed by atoms with E-state index >= 15 is 0 Å². The number of ether oxygens (including phenoxy) is 1. The van der Waals surface area contributed by atoms with Crippen molar-refractivity contribution in [3.63, 3.8) is 0 Å². The zero-order valence-electron chi connectivity index (χ0n) is 11.4. The monoisotopic (exact) mass is 280 g/mol. The van der Waals surface area contributed by atoms with Crippen molar-refractivity contribution in [2.75, 3.05) is 13.2 Å². The lowest BCUT2D eigenvalue weighted by atomic mass is 10.1. The van der Waals surface area contributed by atoms with E-state index in [9.17, 15) is 9.90 Å². The molecule has 0 bridgehead atoms. The molecule has 110 valence electrons. The fourth-order valence-corrected chi connectivity index (χ4v) is 1.73. The molecule has 1 unspecified atom stereocenters. The molecule has 0 aromatic heterocycles. The summed E-state index contributed by atoms with van der Waals surface area (Å²) < 4.78 is 5.50. The average molecular weight is 280 g/mol. The van der Waals surface area contributed by atoms with Gasteiger partial charge in [-0.25, -0.2) is 0 Å². The third kappa shape index (κ3) is 6.56. The van der Waals surface area contributed by atoms with Crippen LogP contribution in [-0.2, 0) is 4.79 Å². The molecule has 1 aromatic rings. The summed E-state index contributed by atoms with van der Waals surface area (Å²) in [5.41, 5.74) is 5.80. The summed E-state index contributed by atoms with van der Waals surface area (Å²) in [6.07, 6.45) is 0.770. The van der Waals surface area contributed by atoms with Crippen LogP contribution in [-0.4, -0.2) is 36.8 Å². The minimum absolute atomic E-state index is 0.101.